The van der Waals surface area contributed by atoms with Crippen molar-refractivity contribution in [2.24, 2.45) is 0 Å². The molecular weight excluding hydrogens is 346 g/mol. The molecule has 142 valence electrons. The van der Waals surface area contributed by atoms with Gasteiger partial charge in [0.15, 0.2) is 5.76 Å². The van der Waals surface area contributed by atoms with E-state index in [2.05, 4.69) is 5.32 Å². The highest BCUT2D eigenvalue weighted by molar-refractivity contribution is 5.92. The molecule has 1 aliphatic rings. The molecule has 0 unspecified atom stereocenters. The molecule has 1 saturated heterocycles. The highest BCUT2D eigenvalue weighted by Crippen LogP contribution is 2.12. The van der Waals surface area contributed by atoms with E-state index in [9.17, 15) is 14.4 Å². The fourth-order valence-corrected chi connectivity index (χ4v) is 3.20. The Morgan fingerprint density at radius 3 is 2.26 bits per heavy atom. The first kappa shape index (κ1) is 18.7. The predicted molar refractivity (Wildman–Crippen MR) is 98.9 cm³/mol. The lowest BCUT2D eigenvalue weighted by molar-refractivity contribution is -0.137. The van der Waals surface area contributed by atoms with Gasteiger partial charge < -0.3 is 19.5 Å². The number of nitrogens with zero attached hydrogens (tertiary/aromatic N) is 2. The SMILES string of the molecule is CC(=O)N[C@@H](Cc1ccccc1)C(=O)N1CCN(C(=O)c2ccco2)CC1. The van der Waals surface area contributed by atoms with Crippen molar-refractivity contribution in [2.45, 2.75) is 19.4 Å². The van der Waals surface area contributed by atoms with Crippen molar-refractivity contribution in [2.75, 3.05) is 26.2 Å². The number of carbonyl (C=O) groups is 3. The van der Waals surface area contributed by atoms with Crippen LogP contribution >= 0.6 is 0 Å². The van der Waals surface area contributed by atoms with Crippen molar-refractivity contribution < 1.29 is 18.8 Å². The molecule has 1 N–H and O–H groups in total. The smallest absolute Gasteiger partial charge is 0.289 e. The van der Waals surface area contributed by atoms with E-state index < -0.39 is 6.04 Å². The Morgan fingerprint density at radius 1 is 1.00 bits per heavy atom. The fraction of sp³-hybridized carbons (Fsp3) is 0.350. The van der Waals surface area contributed by atoms with E-state index >= 15 is 0 Å². The van der Waals surface area contributed by atoms with Crippen LogP contribution in [0.15, 0.2) is 53.1 Å². The lowest BCUT2D eigenvalue weighted by atomic mass is 10.0. The van der Waals surface area contributed by atoms with Gasteiger partial charge in [-0.3, -0.25) is 14.4 Å². The molecular formula is C20H23N3O4. The maximum Gasteiger partial charge on any atom is 0.289 e. The van der Waals surface area contributed by atoms with E-state index in [0.29, 0.717) is 38.4 Å². The summed E-state index contributed by atoms with van der Waals surface area (Å²) < 4.78 is 5.15. The van der Waals surface area contributed by atoms with E-state index in [1.807, 2.05) is 30.3 Å². The lowest BCUT2D eigenvalue weighted by Crippen LogP contribution is -2.56. The molecule has 1 fully saturated rings. The Morgan fingerprint density at radius 2 is 1.67 bits per heavy atom. The summed E-state index contributed by atoms with van der Waals surface area (Å²) in [5.74, 6) is -0.236. The summed E-state index contributed by atoms with van der Waals surface area (Å²) in [7, 11) is 0. The third kappa shape index (κ3) is 4.75. The normalized spacial score (nSPS) is 15.3. The number of carbonyl (C=O) groups excluding carboxylic acids is 3. The number of hydrogen-bond donors (Lipinski definition) is 1. The van der Waals surface area contributed by atoms with Crippen LogP contribution in [0.2, 0.25) is 0 Å². The number of furan rings is 1. The van der Waals surface area contributed by atoms with Crippen molar-refractivity contribution in [1.29, 1.82) is 0 Å². The number of amides is 3. The van der Waals surface area contributed by atoms with Gasteiger partial charge in [0.05, 0.1) is 6.26 Å². The number of hydrogen-bond acceptors (Lipinski definition) is 4. The van der Waals surface area contributed by atoms with Crippen molar-refractivity contribution >= 4 is 17.7 Å². The minimum absolute atomic E-state index is 0.126. The molecule has 1 aromatic carbocycles. The molecule has 27 heavy (non-hydrogen) atoms. The third-order valence-corrected chi connectivity index (χ3v) is 4.57. The van der Waals surface area contributed by atoms with Gasteiger partial charge in [0.2, 0.25) is 11.8 Å². The van der Waals surface area contributed by atoms with Gasteiger partial charge in [0.1, 0.15) is 6.04 Å². The van der Waals surface area contributed by atoms with Crippen LogP contribution in [0.1, 0.15) is 23.0 Å². The molecule has 0 aliphatic carbocycles. The average Bonchev–Trinajstić information content (AvgIpc) is 3.22. The molecule has 1 aliphatic heterocycles. The summed E-state index contributed by atoms with van der Waals surface area (Å²) in [6, 6.07) is 12.3. The summed E-state index contributed by atoms with van der Waals surface area (Å²) in [5, 5.41) is 2.76. The van der Waals surface area contributed by atoms with Crippen LogP contribution < -0.4 is 5.32 Å². The van der Waals surface area contributed by atoms with Crippen molar-refractivity contribution in [3.8, 4) is 0 Å². The molecule has 1 atom stereocenters. The molecule has 0 saturated carbocycles. The molecule has 3 amide bonds. The van der Waals surface area contributed by atoms with E-state index in [1.165, 1.54) is 13.2 Å². The van der Waals surface area contributed by atoms with Crippen LogP contribution in [-0.4, -0.2) is 59.7 Å². The Labute approximate surface area is 157 Å². The number of nitrogens with one attached hydrogen (secondary N) is 1. The molecule has 2 aromatic rings. The molecule has 1 aromatic heterocycles. The van der Waals surface area contributed by atoms with Gasteiger partial charge in [-0.15, -0.1) is 0 Å². The zero-order chi connectivity index (χ0) is 19.2. The summed E-state index contributed by atoms with van der Waals surface area (Å²) in [4.78, 5) is 40.2. The second kappa shape index (κ2) is 8.53. The largest absolute Gasteiger partial charge is 0.459 e. The summed E-state index contributed by atoms with van der Waals surface area (Å²) in [6.45, 7) is 3.13. The van der Waals surface area contributed by atoms with Gasteiger partial charge in [-0.25, -0.2) is 0 Å². The quantitative estimate of drug-likeness (QED) is 0.861. The van der Waals surface area contributed by atoms with Gasteiger partial charge in [0.25, 0.3) is 5.91 Å². The maximum absolute atomic E-state index is 12.9. The number of benzene rings is 1. The first-order valence-electron chi connectivity index (χ1n) is 8.97. The number of piperazine rings is 1. The molecule has 0 radical (unpaired) electrons. The number of rotatable bonds is 5. The Hall–Kier alpha value is -3.09. The Balaban J connectivity index is 1.61. The molecule has 0 bridgehead atoms. The van der Waals surface area contributed by atoms with Gasteiger partial charge in [-0.05, 0) is 17.7 Å². The summed E-state index contributed by atoms with van der Waals surface area (Å²) in [6.07, 6.45) is 1.90. The van der Waals surface area contributed by atoms with Crippen LogP contribution in [0.25, 0.3) is 0 Å². The molecule has 2 heterocycles. The van der Waals surface area contributed by atoms with E-state index in [1.54, 1.807) is 21.9 Å². The molecule has 0 spiro atoms. The highest BCUT2D eigenvalue weighted by Gasteiger charge is 2.30. The van der Waals surface area contributed by atoms with Crippen molar-refractivity contribution in [3.63, 3.8) is 0 Å². The highest BCUT2D eigenvalue weighted by atomic mass is 16.3. The van der Waals surface area contributed by atoms with Gasteiger partial charge >= 0.3 is 0 Å². The minimum atomic E-state index is -0.614. The van der Waals surface area contributed by atoms with Crippen LogP contribution in [0.4, 0.5) is 0 Å². The van der Waals surface area contributed by atoms with E-state index in [0.717, 1.165) is 5.56 Å². The van der Waals surface area contributed by atoms with E-state index in [4.69, 9.17) is 4.42 Å². The van der Waals surface area contributed by atoms with Gasteiger partial charge in [-0.2, -0.15) is 0 Å². The first-order chi connectivity index (χ1) is 13.0. The Bertz CT molecular complexity index is 781. The van der Waals surface area contributed by atoms with Crippen LogP contribution in [0.5, 0.6) is 0 Å². The maximum atomic E-state index is 12.9. The average molecular weight is 369 g/mol. The summed E-state index contributed by atoms with van der Waals surface area (Å²) >= 11 is 0. The van der Waals surface area contributed by atoms with Crippen molar-refractivity contribution in [1.82, 2.24) is 15.1 Å². The third-order valence-electron chi connectivity index (χ3n) is 4.57. The molecule has 7 heteroatoms. The van der Waals surface area contributed by atoms with Gasteiger partial charge in [0, 0.05) is 39.5 Å². The molecule has 3 rings (SSSR count). The standard InChI is InChI=1S/C20H23N3O4/c1-15(24)21-17(14-16-6-3-2-4-7-16)19(25)22-9-11-23(12-10-22)20(26)18-8-5-13-27-18/h2-8,13,17H,9-12,14H2,1H3,(H,21,24)/t17-/m0/s1. The van der Waals surface area contributed by atoms with E-state index in [-0.39, 0.29) is 17.7 Å². The fourth-order valence-electron chi connectivity index (χ4n) is 3.20. The van der Waals surface area contributed by atoms with Crippen LogP contribution in [0.3, 0.4) is 0 Å². The van der Waals surface area contributed by atoms with Crippen LogP contribution in [-0.2, 0) is 16.0 Å². The topological polar surface area (TPSA) is 82.9 Å². The van der Waals surface area contributed by atoms with Crippen molar-refractivity contribution in [3.05, 3.63) is 60.1 Å². The predicted octanol–water partition coefficient (Wildman–Crippen LogP) is 1.31. The lowest BCUT2D eigenvalue weighted by Gasteiger charge is -2.36. The second-order valence-corrected chi connectivity index (χ2v) is 6.54. The summed E-state index contributed by atoms with van der Waals surface area (Å²) in [5.41, 5.74) is 0.983. The second-order valence-electron chi connectivity index (χ2n) is 6.54. The monoisotopic (exact) mass is 369 g/mol. The minimum Gasteiger partial charge on any atom is -0.459 e. The first-order valence-corrected chi connectivity index (χ1v) is 8.97. The molecule has 7 nitrogen and oxygen atoms in total. The van der Waals surface area contributed by atoms with Gasteiger partial charge in [-0.1, -0.05) is 30.3 Å². The zero-order valence-corrected chi connectivity index (χ0v) is 15.3. The zero-order valence-electron chi connectivity index (χ0n) is 15.3. The van der Waals surface area contributed by atoms with Crippen LogP contribution in [0, 0.1) is 0 Å². The Kier molecular flexibility index (Phi) is 5.90.